The number of hydrogen-bond acceptors (Lipinski definition) is 5. The highest BCUT2D eigenvalue weighted by atomic mass is 35.5. The van der Waals surface area contributed by atoms with Crippen LogP contribution in [0, 0.1) is 17.0 Å². The van der Waals surface area contributed by atoms with Crippen LogP contribution in [0.3, 0.4) is 0 Å². The number of carbonyl (C=O) groups excluding carboxylic acids is 1. The minimum Gasteiger partial charge on any atom is -0.299 e. The van der Waals surface area contributed by atoms with Gasteiger partial charge < -0.3 is 0 Å². The van der Waals surface area contributed by atoms with Crippen LogP contribution >= 0.6 is 11.6 Å². The first-order valence-electron chi connectivity index (χ1n) is 5.53. The summed E-state index contributed by atoms with van der Waals surface area (Å²) in [5.74, 6) is -0.793. The largest absolute Gasteiger partial charge is 0.311 e. The monoisotopic (exact) mass is 292 g/mol. The maximum Gasteiger partial charge on any atom is 0.311 e. The van der Waals surface area contributed by atoms with Crippen LogP contribution in [-0.4, -0.2) is 20.8 Å². The van der Waals surface area contributed by atoms with E-state index in [4.69, 9.17) is 11.6 Å². The molecule has 102 valence electrons. The van der Waals surface area contributed by atoms with E-state index in [1.807, 2.05) is 0 Å². The van der Waals surface area contributed by atoms with Crippen LogP contribution in [0.2, 0.25) is 5.15 Å². The summed E-state index contributed by atoms with van der Waals surface area (Å²) in [6.07, 6.45) is 1.46. The number of amides is 1. The molecule has 1 amide bonds. The molecule has 20 heavy (non-hydrogen) atoms. The molecule has 0 spiro atoms. The molecule has 0 fully saturated rings. The molecule has 0 saturated heterocycles. The second kappa shape index (κ2) is 5.62. The number of pyridine rings is 2. The fourth-order valence-electron chi connectivity index (χ4n) is 1.56. The second-order valence-electron chi connectivity index (χ2n) is 3.88. The number of anilines is 1. The lowest BCUT2D eigenvalue weighted by Gasteiger charge is -2.06. The summed E-state index contributed by atoms with van der Waals surface area (Å²) in [4.78, 5) is 29.9. The Balaban J connectivity index is 2.35. The van der Waals surface area contributed by atoms with Crippen molar-refractivity contribution in [2.24, 2.45) is 0 Å². The zero-order chi connectivity index (χ0) is 14.7. The van der Waals surface area contributed by atoms with Crippen molar-refractivity contribution in [3.63, 3.8) is 0 Å². The average molecular weight is 293 g/mol. The van der Waals surface area contributed by atoms with Gasteiger partial charge in [-0.1, -0.05) is 17.7 Å². The Labute approximate surface area is 118 Å². The molecule has 0 unspecified atom stereocenters. The van der Waals surface area contributed by atoms with E-state index < -0.39 is 10.8 Å². The molecule has 0 aliphatic carbocycles. The lowest BCUT2D eigenvalue weighted by molar-refractivity contribution is -0.384. The van der Waals surface area contributed by atoms with Crippen molar-refractivity contribution in [3.8, 4) is 0 Å². The number of aryl methyl sites for hydroxylation is 1. The Morgan fingerprint density at radius 3 is 2.80 bits per heavy atom. The van der Waals surface area contributed by atoms with E-state index >= 15 is 0 Å². The predicted molar refractivity (Wildman–Crippen MR) is 72.8 cm³/mol. The number of rotatable bonds is 3. The molecule has 7 nitrogen and oxygen atoms in total. The van der Waals surface area contributed by atoms with Gasteiger partial charge in [-0.15, -0.1) is 0 Å². The maximum absolute atomic E-state index is 12.0. The third kappa shape index (κ3) is 2.89. The lowest BCUT2D eigenvalue weighted by atomic mass is 10.2. The van der Waals surface area contributed by atoms with Gasteiger partial charge in [-0.2, -0.15) is 0 Å². The van der Waals surface area contributed by atoms with Gasteiger partial charge in [-0.05, 0) is 24.6 Å². The van der Waals surface area contributed by atoms with Crippen LogP contribution in [0.4, 0.5) is 11.5 Å². The van der Waals surface area contributed by atoms with E-state index in [1.165, 1.54) is 18.3 Å². The van der Waals surface area contributed by atoms with E-state index in [9.17, 15) is 14.9 Å². The van der Waals surface area contributed by atoms with E-state index in [2.05, 4.69) is 15.3 Å². The molecule has 0 aliphatic heterocycles. The molecule has 2 heterocycles. The van der Waals surface area contributed by atoms with Gasteiger partial charge in [0.2, 0.25) is 5.82 Å². The van der Waals surface area contributed by atoms with Gasteiger partial charge in [0.15, 0.2) is 0 Å². The van der Waals surface area contributed by atoms with Gasteiger partial charge in [0.1, 0.15) is 10.8 Å². The number of nitrogens with one attached hydrogen (secondary N) is 1. The molecule has 0 bridgehead atoms. The number of halogens is 1. The first kappa shape index (κ1) is 13.9. The fraction of sp³-hybridized carbons (Fsp3) is 0.0833. The Morgan fingerprint density at radius 1 is 1.40 bits per heavy atom. The smallest absolute Gasteiger partial charge is 0.299 e. The summed E-state index contributed by atoms with van der Waals surface area (Å²) in [6.45, 7) is 1.71. The Hall–Kier alpha value is -2.54. The summed E-state index contributed by atoms with van der Waals surface area (Å²) < 4.78 is 0. The van der Waals surface area contributed by atoms with Gasteiger partial charge >= 0.3 is 5.69 Å². The van der Waals surface area contributed by atoms with E-state index in [1.54, 1.807) is 19.1 Å². The van der Waals surface area contributed by atoms with Crippen LogP contribution in [0.5, 0.6) is 0 Å². The molecule has 0 aliphatic rings. The van der Waals surface area contributed by atoms with Crippen molar-refractivity contribution < 1.29 is 9.72 Å². The van der Waals surface area contributed by atoms with Crippen LogP contribution < -0.4 is 5.32 Å². The zero-order valence-electron chi connectivity index (χ0n) is 10.3. The quantitative estimate of drug-likeness (QED) is 0.532. The number of carbonyl (C=O) groups is 1. The predicted octanol–water partition coefficient (Wildman–Crippen LogP) is 2.60. The van der Waals surface area contributed by atoms with Gasteiger partial charge in [0, 0.05) is 12.3 Å². The number of nitro groups is 1. The van der Waals surface area contributed by atoms with E-state index in [0.29, 0.717) is 5.56 Å². The SMILES string of the molecule is Cc1cccnc1C(=O)Nc1nc(Cl)ccc1[N+](=O)[O-]. The third-order valence-corrected chi connectivity index (χ3v) is 2.70. The van der Waals surface area contributed by atoms with Crippen molar-refractivity contribution >= 4 is 29.0 Å². The fourth-order valence-corrected chi connectivity index (χ4v) is 1.70. The Morgan fingerprint density at radius 2 is 2.15 bits per heavy atom. The molecule has 2 rings (SSSR count). The molecule has 0 atom stereocenters. The lowest BCUT2D eigenvalue weighted by Crippen LogP contribution is -2.17. The van der Waals surface area contributed by atoms with Gasteiger partial charge in [-0.3, -0.25) is 25.2 Å². The first-order chi connectivity index (χ1) is 9.49. The molecular formula is C12H9ClN4O3. The van der Waals surface area contributed by atoms with Gasteiger partial charge in [-0.25, -0.2) is 4.98 Å². The van der Waals surface area contributed by atoms with Crippen LogP contribution in [0.1, 0.15) is 16.1 Å². The van der Waals surface area contributed by atoms with Crippen molar-refractivity contribution in [3.05, 3.63) is 57.0 Å². The highest BCUT2D eigenvalue weighted by Gasteiger charge is 2.20. The zero-order valence-corrected chi connectivity index (χ0v) is 11.1. The number of aromatic nitrogens is 2. The minimum atomic E-state index is -0.649. The van der Waals surface area contributed by atoms with Crippen molar-refractivity contribution in [1.29, 1.82) is 0 Å². The first-order valence-corrected chi connectivity index (χ1v) is 5.90. The van der Waals surface area contributed by atoms with Crippen LogP contribution in [0.25, 0.3) is 0 Å². The van der Waals surface area contributed by atoms with Crippen molar-refractivity contribution in [2.45, 2.75) is 6.92 Å². The molecular weight excluding hydrogens is 284 g/mol. The number of nitrogens with zero attached hydrogens (tertiary/aromatic N) is 3. The van der Waals surface area contributed by atoms with Crippen LogP contribution in [-0.2, 0) is 0 Å². The van der Waals surface area contributed by atoms with Crippen molar-refractivity contribution in [1.82, 2.24) is 9.97 Å². The molecule has 0 saturated carbocycles. The summed E-state index contributed by atoms with van der Waals surface area (Å²) in [5, 5.41) is 13.3. The molecule has 2 aromatic rings. The average Bonchev–Trinajstić information content (AvgIpc) is 2.38. The highest BCUT2D eigenvalue weighted by Crippen LogP contribution is 2.24. The molecule has 8 heteroatoms. The summed E-state index contributed by atoms with van der Waals surface area (Å²) in [7, 11) is 0. The molecule has 0 aromatic carbocycles. The minimum absolute atomic E-state index is 0.0450. The summed E-state index contributed by atoms with van der Waals surface area (Å²) in [5.41, 5.74) is 0.481. The Kier molecular flexibility index (Phi) is 3.90. The molecule has 2 aromatic heterocycles. The normalized spacial score (nSPS) is 10.1. The maximum atomic E-state index is 12.0. The topological polar surface area (TPSA) is 98.0 Å². The molecule has 0 radical (unpaired) electrons. The standard InChI is InChI=1S/C12H9ClN4O3/c1-7-3-2-6-14-10(7)12(18)16-11-8(17(19)20)4-5-9(13)15-11/h2-6H,1H3,(H,15,16,18). The number of hydrogen-bond donors (Lipinski definition) is 1. The van der Waals surface area contributed by atoms with E-state index in [-0.39, 0.29) is 22.4 Å². The Bertz CT molecular complexity index is 690. The summed E-state index contributed by atoms with van der Waals surface area (Å²) in [6, 6.07) is 5.85. The molecule has 1 N–H and O–H groups in total. The summed E-state index contributed by atoms with van der Waals surface area (Å²) >= 11 is 5.68. The van der Waals surface area contributed by atoms with Crippen molar-refractivity contribution in [2.75, 3.05) is 5.32 Å². The van der Waals surface area contributed by atoms with Gasteiger partial charge in [0.25, 0.3) is 5.91 Å². The second-order valence-corrected chi connectivity index (χ2v) is 4.27. The van der Waals surface area contributed by atoms with E-state index in [0.717, 1.165) is 0 Å². The van der Waals surface area contributed by atoms with Gasteiger partial charge in [0.05, 0.1) is 4.92 Å². The highest BCUT2D eigenvalue weighted by molar-refractivity contribution is 6.29. The third-order valence-electron chi connectivity index (χ3n) is 2.49. The van der Waals surface area contributed by atoms with Crippen LogP contribution in [0.15, 0.2) is 30.5 Å².